The molecule has 1 aliphatic rings. The van der Waals surface area contributed by atoms with E-state index < -0.39 is 0 Å². The van der Waals surface area contributed by atoms with Crippen molar-refractivity contribution >= 4 is 5.69 Å². The van der Waals surface area contributed by atoms with Crippen molar-refractivity contribution in [2.45, 2.75) is 31.6 Å². The summed E-state index contributed by atoms with van der Waals surface area (Å²) >= 11 is 0. The minimum absolute atomic E-state index is 0.473. The second kappa shape index (κ2) is 3.91. The molecule has 0 radical (unpaired) electrons. The zero-order chi connectivity index (χ0) is 11.8. The Bertz CT molecular complexity index is 513. The Labute approximate surface area is 101 Å². The number of nitrogens with two attached hydrogens (primary N) is 1. The molecule has 2 atom stereocenters. The van der Waals surface area contributed by atoms with Crippen LogP contribution < -0.4 is 5.73 Å². The molecule has 0 saturated heterocycles. The van der Waals surface area contributed by atoms with Crippen molar-refractivity contribution in [1.82, 2.24) is 10.2 Å². The highest BCUT2D eigenvalue weighted by Gasteiger charge is 2.27. The molecular formula is C14H17N3. The van der Waals surface area contributed by atoms with E-state index >= 15 is 0 Å². The van der Waals surface area contributed by atoms with Crippen LogP contribution in [0.15, 0.2) is 30.5 Å². The minimum Gasteiger partial charge on any atom is -0.399 e. The number of fused-ring (bicyclic) bond motifs is 1. The Kier molecular flexibility index (Phi) is 2.39. The first-order valence-electron chi connectivity index (χ1n) is 6.14. The summed E-state index contributed by atoms with van der Waals surface area (Å²) in [4.78, 5) is 0. The van der Waals surface area contributed by atoms with E-state index in [0.717, 1.165) is 5.69 Å². The number of nitrogen functional groups attached to an aromatic ring is 1. The van der Waals surface area contributed by atoms with Crippen molar-refractivity contribution in [3.63, 3.8) is 0 Å². The highest BCUT2D eigenvalue weighted by atomic mass is 15.1. The fourth-order valence-electron chi connectivity index (χ4n) is 2.77. The highest BCUT2D eigenvalue weighted by molar-refractivity contribution is 5.44. The van der Waals surface area contributed by atoms with Gasteiger partial charge >= 0.3 is 0 Å². The fourth-order valence-corrected chi connectivity index (χ4v) is 2.77. The summed E-state index contributed by atoms with van der Waals surface area (Å²) in [6.45, 7) is 2.25. The molecule has 3 rings (SSSR count). The first-order chi connectivity index (χ1) is 8.25. The molecule has 3 heteroatoms. The lowest BCUT2D eigenvalue weighted by molar-refractivity contribution is 0.537. The van der Waals surface area contributed by atoms with Crippen molar-refractivity contribution in [2.24, 2.45) is 0 Å². The van der Waals surface area contributed by atoms with Gasteiger partial charge in [0, 0.05) is 29.3 Å². The lowest BCUT2D eigenvalue weighted by Crippen LogP contribution is -2.12. The first-order valence-corrected chi connectivity index (χ1v) is 6.14. The van der Waals surface area contributed by atoms with Crippen LogP contribution in [0.25, 0.3) is 0 Å². The largest absolute Gasteiger partial charge is 0.399 e. The molecule has 1 aromatic heterocycles. The Balaban J connectivity index is 2.01. The van der Waals surface area contributed by atoms with E-state index in [2.05, 4.69) is 29.3 Å². The monoisotopic (exact) mass is 227 g/mol. The van der Waals surface area contributed by atoms with Gasteiger partial charge in [0.25, 0.3) is 0 Å². The smallest absolute Gasteiger partial charge is 0.0688 e. The summed E-state index contributed by atoms with van der Waals surface area (Å²) in [5.41, 5.74) is 10.5. The van der Waals surface area contributed by atoms with E-state index in [9.17, 15) is 0 Å². The normalized spacial score (nSPS) is 23.4. The molecule has 2 aromatic rings. The van der Waals surface area contributed by atoms with Gasteiger partial charge in [-0.2, -0.15) is 5.10 Å². The predicted octanol–water partition coefficient (Wildman–Crippen LogP) is 3.02. The van der Waals surface area contributed by atoms with E-state index in [4.69, 9.17) is 5.73 Å². The van der Waals surface area contributed by atoms with E-state index in [1.54, 1.807) is 0 Å². The van der Waals surface area contributed by atoms with Gasteiger partial charge in [0.2, 0.25) is 0 Å². The van der Waals surface area contributed by atoms with Crippen molar-refractivity contribution in [3.8, 4) is 0 Å². The molecule has 3 N–H and O–H groups in total. The Morgan fingerprint density at radius 1 is 1.24 bits per heavy atom. The third-order valence-corrected chi connectivity index (χ3v) is 3.77. The number of anilines is 1. The molecule has 88 valence electrons. The van der Waals surface area contributed by atoms with Gasteiger partial charge in [-0.15, -0.1) is 0 Å². The third-order valence-electron chi connectivity index (χ3n) is 3.77. The van der Waals surface area contributed by atoms with Crippen LogP contribution in [0.1, 0.15) is 48.4 Å². The van der Waals surface area contributed by atoms with Crippen LogP contribution >= 0.6 is 0 Å². The number of nitrogens with one attached hydrogen (secondary N) is 1. The molecule has 0 bridgehead atoms. The second-order valence-corrected chi connectivity index (χ2v) is 4.92. The number of nitrogens with zero attached hydrogens (tertiary/aromatic N) is 1. The quantitative estimate of drug-likeness (QED) is 0.736. The summed E-state index contributed by atoms with van der Waals surface area (Å²) in [7, 11) is 0. The average Bonchev–Trinajstić information content (AvgIpc) is 2.81. The summed E-state index contributed by atoms with van der Waals surface area (Å²) < 4.78 is 0. The van der Waals surface area contributed by atoms with Crippen LogP contribution in [0.4, 0.5) is 5.69 Å². The number of benzene rings is 1. The van der Waals surface area contributed by atoms with Crippen LogP contribution in [0.5, 0.6) is 0 Å². The van der Waals surface area contributed by atoms with Gasteiger partial charge in [0.15, 0.2) is 0 Å². The molecule has 0 spiro atoms. The Morgan fingerprint density at radius 2 is 2.00 bits per heavy atom. The molecule has 2 unspecified atom stereocenters. The van der Waals surface area contributed by atoms with Crippen molar-refractivity contribution in [1.29, 1.82) is 0 Å². The van der Waals surface area contributed by atoms with Gasteiger partial charge in [0.1, 0.15) is 0 Å². The lowest BCUT2D eigenvalue weighted by Gasteiger charge is -2.26. The molecule has 1 heterocycles. The van der Waals surface area contributed by atoms with E-state index in [1.807, 2.05) is 18.3 Å². The SMILES string of the molecule is CC1CCC(c2ccc(N)cc2)c2c[nH]nc21. The zero-order valence-corrected chi connectivity index (χ0v) is 9.98. The Hall–Kier alpha value is -1.77. The number of rotatable bonds is 1. The van der Waals surface area contributed by atoms with Crippen LogP contribution in [-0.4, -0.2) is 10.2 Å². The fraction of sp³-hybridized carbons (Fsp3) is 0.357. The molecule has 0 amide bonds. The Morgan fingerprint density at radius 3 is 2.76 bits per heavy atom. The van der Waals surface area contributed by atoms with Gasteiger partial charge in [-0.25, -0.2) is 0 Å². The van der Waals surface area contributed by atoms with Crippen molar-refractivity contribution < 1.29 is 0 Å². The van der Waals surface area contributed by atoms with E-state index in [0.29, 0.717) is 11.8 Å². The molecule has 0 aliphatic heterocycles. The van der Waals surface area contributed by atoms with Gasteiger partial charge in [-0.3, -0.25) is 5.10 Å². The summed E-state index contributed by atoms with van der Waals surface area (Å²) in [6.07, 6.45) is 4.44. The molecule has 1 aromatic carbocycles. The number of hydrogen-bond acceptors (Lipinski definition) is 2. The summed E-state index contributed by atoms with van der Waals surface area (Å²) in [5.74, 6) is 1.04. The van der Waals surface area contributed by atoms with E-state index in [-0.39, 0.29) is 0 Å². The number of H-pyrrole nitrogens is 1. The van der Waals surface area contributed by atoms with Crippen LogP contribution in [0.2, 0.25) is 0 Å². The molecule has 17 heavy (non-hydrogen) atoms. The number of aromatic nitrogens is 2. The van der Waals surface area contributed by atoms with Gasteiger partial charge < -0.3 is 5.73 Å². The maximum atomic E-state index is 5.73. The van der Waals surface area contributed by atoms with Crippen LogP contribution in [0, 0.1) is 0 Å². The standard InChI is InChI=1S/C14H17N3/c1-9-2-7-12(13-8-16-17-14(9)13)10-3-5-11(15)6-4-10/h3-6,8-9,12H,2,7,15H2,1H3,(H,16,17). The van der Waals surface area contributed by atoms with Crippen molar-refractivity contribution in [3.05, 3.63) is 47.3 Å². The van der Waals surface area contributed by atoms with Gasteiger partial charge in [0.05, 0.1) is 5.69 Å². The number of aromatic amines is 1. The summed E-state index contributed by atoms with van der Waals surface area (Å²) in [6, 6.07) is 8.22. The van der Waals surface area contributed by atoms with Gasteiger partial charge in [-0.05, 0) is 30.5 Å². The zero-order valence-electron chi connectivity index (χ0n) is 9.98. The molecule has 3 nitrogen and oxygen atoms in total. The van der Waals surface area contributed by atoms with Crippen LogP contribution in [-0.2, 0) is 0 Å². The van der Waals surface area contributed by atoms with Gasteiger partial charge in [-0.1, -0.05) is 19.1 Å². The molecule has 0 fully saturated rings. The lowest BCUT2D eigenvalue weighted by atomic mass is 9.78. The molecule has 0 saturated carbocycles. The summed E-state index contributed by atoms with van der Waals surface area (Å²) in [5, 5.41) is 7.39. The highest BCUT2D eigenvalue weighted by Crippen LogP contribution is 2.40. The minimum atomic E-state index is 0.473. The maximum absolute atomic E-state index is 5.73. The molecule has 1 aliphatic carbocycles. The van der Waals surface area contributed by atoms with Crippen molar-refractivity contribution in [2.75, 3.05) is 5.73 Å². The second-order valence-electron chi connectivity index (χ2n) is 4.92. The average molecular weight is 227 g/mol. The van der Waals surface area contributed by atoms with Crippen LogP contribution in [0.3, 0.4) is 0 Å². The number of hydrogen-bond donors (Lipinski definition) is 2. The maximum Gasteiger partial charge on any atom is 0.0688 e. The predicted molar refractivity (Wildman–Crippen MR) is 68.9 cm³/mol. The third kappa shape index (κ3) is 1.71. The topological polar surface area (TPSA) is 54.7 Å². The first kappa shape index (κ1) is 10.4. The van der Waals surface area contributed by atoms with E-state index in [1.165, 1.54) is 29.7 Å². The molecular weight excluding hydrogens is 210 g/mol.